The third-order valence-corrected chi connectivity index (χ3v) is 4.49. The minimum Gasteiger partial charge on any atom is -0.356 e. The predicted octanol–water partition coefficient (Wildman–Crippen LogP) is 2.61. The molecule has 0 saturated carbocycles. The van der Waals surface area contributed by atoms with E-state index in [0.717, 1.165) is 6.42 Å². The fourth-order valence-electron chi connectivity index (χ4n) is 2.62. The van der Waals surface area contributed by atoms with Crippen molar-refractivity contribution in [3.05, 3.63) is 34.6 Å². The maximum atomic E-state index is 13.2. The quantitative estimate of drug-likeness (QED) is 0.788. The Labute approximate surface area is 140 Å². The predicted molar refractivity (Wildman–Crippen MR) is 86.6 cm³/mol. The molecule has 126 valence electrons. The van der Waals surface area contributed by atoms with Crippen LogP contribution >= 0.6 is 11.6 Å². The second kappa shape index (κ2) is 7.64. The minimum absolute atomic E-state index is 0.0178. The van der Waals surface area contributed by atoms with Gasteiger partial charge in [-0.05, 0) is 37.0 Å². The second-order valence-corrected chi connectivity index (χ2v) is 6.32. The van der Waals surface area contributed by atoms with Gasteiger partial charge in [0.25, 0.3) is 0 Å². The van der Waals surface area contributed by atoms with E-state index in [1.165, 1.54) is 12.1 Å². The molecule has 3 unspecified atom stereocenters. The molecular formula is C16H21ClFN3O2. The molecule has 0 bridgehead atoms. The summed E-state index contributed by atoms with van der Waals surface area (Å²) in [6, 6.07) is 3.62. The van der Waals surface area contributed by atoms with Gasteiger partial charge in [-0.1, -0.05) is 24.6 Å². The fourth-order valence-corrected chi connectivity index (χ4v) is 2.81. The van der Waals surface area contributed by atoms with Crippen molar-refractivity contribution in [2.45, 2.75) is 26.3 Å². The van der Waals surface area contributed by atoms with Gasteiger partial charge in [0.15, 0.2) is 0 Å². The molecule has 3 atom stereocenters. The van der Waals surface area contributed by atoms with Gasteiger partial charge in [-0.2, -0.15) is 0 Å². The molecule has 1 aromatic rings. The summed E-state index contributed by atoms with van der Waals surface area (Å²) in [6.45, 7) is 4.76. The number of rotatable bonds is 4. The Morgan fingerprint density at radius 3 is 2.91 bits per heavy atom. The van der Waals surface area contributed by atoms with E-state index in [0.29, 0.717) is 12.1 Å². The van der Waals surface area contributed by atoms with Crippen molar-refractivity contribution in [3.8, 4) is 0 Å². The molecule has 1 fully saturated rings. The highest BCUT2D eigenvalue weighted by Crippen LogP contribution is 2.21. The van der Waals surface area contributed by atoms with Crippen molar-refractivity contribution >= 4 is 23.5 Å². The van der Waals surface area contributed by atoms with E-state index in [9.17, 15) is 14.0 Å². The first-order valence-corrected chi connectivity index (χ1v) is 8.03. The number of benzene rings is 1. The third-order valence-electron chi connectivity index (χ3n) is 4.20. The van der Waals surface area contributed by atoms with E-state index in [2.05, 4.69) is 16.0 Å². The number of hydrogen-bond donors (Lipinski definition) is 3. The minimum atomic E-state index is -0.496. The van der Waals surface area contributed by atoms with Crippen LogP contribution in [-0.4, -0.2) is 25.0 Å². The molecule has 5 nitrogen and oxygen atoms in total. The van der Waals surface area contributed by atoms with E-state index in [-0.39, 0.29) is 41.4 Å². The Morgan fingerprint density at radius 1 is 1.52 bits per heavy atom. The van der Waals surface area contributed by atoms with Crippen molar-refractivity contribution in [2.24, 2.45) is 11.8 Å². The van der Waals surface area contributed by atoms with Gasteiger partial charge in [0.2, 0.25) is 5.91 Å². The fraction of sp³-hybridized carbons (Fsp3) is 0.500. The topological polar surface area (TPSA) is 70.2 Å². The second-order valence-electron chi connectivity index (χ2n) is 5.91. The molecule has 0 aliphatic carbocycles. The molecule has 2 rings (SSSR count). The van der Waals surface area contributed by atoms with Crippen LogP contribution in [0.25, 0.3) is 0 Å². The van der Waals surface area contributed by atoms with Gasteiger partial charge in [0.05, 0.1) is 17.0 Å². The van der Waals surface area contributed by atoms with Crippen LogP contribution in [-0.2, 0) is 4.79 Å². The van der Waals surface area contributed by atoms with Crippen molar-refractivity contribution in [3.63, 3.8) is 0 Å². The average molecular weight is 342 g/mol. The van der Waals surface area contributed by atoms with Gasteiger partial charge >= 0.3 is 6.03 Å². The van der Waals surface area contributed by atoms with E-state index >= 15 is 0 Å². The molecule has 1 aliphatic heterocycles. The molecule has 1 aromatic carbocycles. The summed E-state index contributed by atoms with van der Waals surface area (Å²) in [6.07, 6.45) is 0.907. The lowest BCUT2D eigenvalue weighted by Crippen LogP contribution is -2.48. The number of amides is 3. The molecule has 1 heterocycles. The molecule has 23 heavy (non-hydrogen) atoms. The zero-order valence-electron chi connectivity index (χ0n) is 13.2. The zero-order valence-corrected chi connectivity index (χ0v) is 13.9. The lowest BCUT2D eigenvalue weighted by Gasteiger charge is -2.28. The largest absolute Gasteiger partial charge is 0.356 e. The van der Waals surface area contributed by atoms with Crippen molar-refractivity contribution in [1.82, 2.24) is 16.0 Å². The summed E-state index contributed by atoms with van der Waals surface area (Å²) in [5.41, 5.74) is 0.704. The summed E-state index contributed by atoms with van der Waals surface area (Å²) in [4.78, 5) is 23.8. The Hall–Kier alpha value is -1.82. The van der Waals surface area contributed by atoms with E-state index in [1.54, 1.807) is 13.0 Å². The van der Waals surface area contributed by atoms with Crippen LogP contribution in [0.2, 0.25) is 5.02 Å². The first-order chi connectivity index (χ1) is 10.9. The zero-order chi connectivity index (χ0) is 17.0. The summed E-state index contributed by atoms with van der Waals surface area (Å²) >= 11 is 5.74. The summed E-state index contributed by atoms with van der Waals surface area (Å²) < 4.78 is 13.2. The number of carbonyl (C=O) groups excluding carboxylic acids is 2. The summed E-state index contributed by atoms with van der Waals surface area (Å²) in [5.74, 6) is -0.505. The van der Waals surface area contributed by atoms with Gasteiger partial charge in [0, 0.05) is 13.1 Å². The van der Waals surface area contributed by atoms with Crippen LogP contribution in [0.15, 0.2) is 18.2 Å². The number of nitrogens with one attached hydrogen (secondary N) is 3. The molecule has 0 radical (unpaired) electrons. The first-order valence-electron chi connectivity index (χ1n) is 7.65. The summed E-state index contributed by atoms with van der Waals surface area (Å²) in [7, 11) is 0. The molecule has 3 amide bonds. The van der Waals surface area contributed by atoms with Crippen LogP contribution in [0.3, 0.4) is 0 Å². The Balaban J connectivity index is 1.86. The maximum absolute atomic E-state index is 13.2. The van der Waals surface area contributed by atoms with E-state index in [1.807, 2.05) is 6.92 Å². The van der Waals surface area contributed by atoms with Crippen LogP contribution in [0.5, 0.6) is 0 Å². The SMILES string of the molecule is CC(NC(=O)NCC1C(=O)NCCC1C)c1ccc(F)c(Cl)c1. The molecular weight excluding hydrogens is 321 g/mol. The lowest BCUT2D eigenvalue weighted by atomic mass is 9.87. The van der Waals surface area contributed by atoms with Gasteiger partial charge in [-0.15, -0.1) is 0 Å². The van der Waals surface area contributed by atoms with Crippen molar-refractivity contribution < 1.29 is 14.0 Å². The number of hydrogen-bond acceptors (Lipinski definition) is 2. The number of carbonyl (C=O) groups is 2. The van der Waals surface area contributed by atoms with Crippen LogP contribution < -0.4 is 16.0 Å². The highest BCUT2D eigenvalue weighted by molar-refractivity contribution is 6.30. The molecule has 1 aliphatic rings. The Kier molecular flexibility index (Phi) is 5.82. The van der Waals surface area contributed by atoms with Crippen LogP contribution in [0, 0.1) is 17.7 Å². The van der Waals surface area contributed by atoms with Crippen molar-refractivity contribution in [2.75, 3.05) is 13.1 Å². The highest BCUT2D eigenvalue weighted by atomic mass is 35.5. The van der Waals surface area contributed by atoms with Gasteiger partial charge in [0.1, 0.15) is 5.82 Å². The number of halogens is 2. The highest BCUT2D eigenvalue weighted by Gasteiger charge is 2.29. The molecule has 0 aromatic heterocycles. The number of urea groups is 1. The molecule has 0 spiro atoms. The van der Waals surface area contributed by atoms with Gasteiger partial charge in [-0.3, -0.25) is 4.79 Å². The third kappa shape index (κ3) is 4.58. The average Bonchev–Trinajstić information content (AvgIpc) is 2.49. The van der Waals surface area contributed by atoms with Gasteiger partial charge < -0.3 is 16.0 Å². The summed E-state index contributed by atoms with van der Waals surface area (Å²) in [5, 5.41) is 8.29. The molecule has 7 heteroatoms. The number of piperidine rings is 1. The van der Waals surface area contributed by atoms with E-state index in [4.69, 9.17) is 11.6 Å². The Morgan fingerprint density at radius 2 is 2.26 bits per heavy atom. The van der Waals surface area contributed by atoms with Crippen LogP contribution in [0.1, 0.15) is 31.9 Å². The molecule has 3 N–H and O–H groups in total. The monoisotopic (exact) mass is 341 g/mol. The maximum Gasteiger partial charge on any atom is 0.315 e. The van der Waals surface area contributed by atoms with Crippen LogP contribution in [0.4, 0.5) is 9.18 Å². The first kappa shape index (κ1) is 17.5. The molecule has 1 saturated heterocycles. The smallest absolute Gasteiger partial charge is 0.315 e. The van der Waals surface area contributed by atoms with Crippen molar-refractivity contribution in [1.29, 1.82) is 0 Å². The lowest BCUT2D eigenvalue weighted by molar-refractivity contribution is -0.128. The van der Waals surface area contributed by atoms with Gasteiger partial charge in [-0.25, -0.2) is 9.18 Å². The van der Waals surface area contributed by atoms with E-state index < -0.39 is 5.82 Å². The standard InChI is InChI=1S/C16H21ClFN3O2/c1-9-5-6-19-15(22)12(9)8-20-16(23)21-10(2)11-3-4-14(18)13(17)7-11/h3-4,7,9-10,12H,5-6,8H2,1-2H3,(H,19,22)(H2,20,21,23). The Bertz CT molecular complexity index is 597. The normalized spacial score (nSPS) is 22.2.